The summed E-state index contributed by atoms with van der Waals surface area (Å²) >= 11 is 1.27. The van der Waals surface area contributed by atoms with Gasteiger partial charge in [-0.1, -0.05) is 13.5 Å². The van der Waals surface area contributed by atoms with Crippen LogP contribution in [0, 0.1) is 0 Å². The fourth-order valence-electron chi connectivity index (χ4n) is 1.03. The van der Waals surface area contributed by atoms with Crippen LogP contribution in [0.15, 0.2) is 18.7 Å². The number of carbonyl (C=O) groups is 2. The Balaban J connectivity index is 3.03. The number of anilines is 1. The van der Waals surface area contributed by atoms with Gasteiger partial charge in [-0.2, -0.15) is 0 Å². The second-order valence-electron chi connectivity index (χ2n) is 2.81. The Kier molecular flexibility index (Phi) is 3.62. The van der Waals surface area contributed by atoms with Crippen LogP contribution in [0.25, 0.3) is 0 Å². The van der Waals surface area contributed by atoms with Crippen molar-refractivity contribution in [2.24, 2.45) is 0 Å². The lowest BCUT2D eigenvalue weighted by molar-refractivity contribution is -0.111. The van der Waals surface area contributed by atoms with Crippen molar-refractivity contribution < 1.29 is 14.7 Å². The lowest BCUT2D eigenvalue weighted by atomic mass is 10.2. The number of hydrogen-bond donors (Lipinski definition) is 2. The number of thiophene rings is 1. The number of aryl methyl sites for hydroxylation is 1. The highest BCUT2D eigenvalue weighted by Gasteiger charge is 2.15. The number of carbonyl (C=O) groups excluding carboxylic acids is 1. The number of hydrogen-bond acceptors (Lipinski definition) is 3. The Morgan fingerprint density at radius 1 is 1.67 bits per heavy atom. The molecule has 0 aliphatic carbocycles. The topological polar surface area (TPSA) is 66.4 Å². The second-order valence-corrected chi connectivity index (χ2v) is 3.94. The predicted molar refractivity (Wildman–Crippen MR) is 59.5 cm³/mol. The van der Waals surface area contributed by atoms with Crippen molar-refractivity contribution in [2.45, 2.75) is 13.3 Å². The summed E-state index contributed by atoms with van der Waals surface area (Å²) < 4.78 is 0. The molecule has 5 heteroatoms. The van der Waals surface area contributed by atoms with Gasteiger partial charge in [0, 0.05) is 4.88 Å². The molecule has 1 aromatic rings. The lowest BCUT2D eigenvalue weighted by Gasteiger charge is -1.98. The molecular formula is C10H11NO3S. The average molecular weight is 225 g/mol. The van der Waals surface area contributed by atoms with Gasteiger partial charge in [0.15, 0.2) is 0 Å². The van der Waals surface area contributed by atoms with Gasteiger partial charge in [-0.05, 0) is 18.6 Å². The van der Waals surface area contributed by atoms with Gasteiger partial charge in [-0.15, -0.1) is 11.3 Å². The van der Waals surface area contributed by atoms with E-state index >= 15 is 0 Å². The van der Waals surface area contributed by atoms with Crippen molar-refractivity contribution in [3.05, 3.63) is 29.2 Å². The molecule has 0 aliphatic rings. The molecule has 2 N–H and O–H groups in total. The van der Waals surface area contributed by atoms with E-state index in [1.165, 1.54) is 11.3 Å². The molecule has 0 aromatic carbocycles. The van der Waals surface area contributed by atoms with Crippen LogP contribution in [0.2, 0.25) is 0 Å². The molecule has 0 radical (unpaired) electrons. The third kappa shape index (κ3) is 2.66. The summed E-state index contributed by atoms with van der Waals surface area (Å²) in [6.45, 7) is 5.23. The normalized spacial score (nSPS) is 9.67. The van der Waals surface area contributed by atoms with Crippen LogP contribution >= 0.6 is 11.3 Å². The monoisotopic (exact) mass is 225 g/mol. The minimum Gasteiger partial charge on any atom is -0.478 e. The first kappa shape index (κ1) is 11.5. The van der Waals surface area contributed by atoms with Gasteiger partial charge in [0.1, 0.15) is 5.00 Å². The smallest absolute Gasteiger partial charge is 0.338 e. The second kappa shape index (κ2) is 4.75. The third-order valence-corrected chi connectivity index (χ3v) is 2.98. The highest BCUT2D eigenvalue weighted by atomic mass is 32.1. The fourth-order valence-corrected chi connectivity index (χ4v) is 2.02. The molecule has 1 aromatic heterocycles. The van der Waals surface area contributed by atoms with Crippen LogP contribution in [-0.4, -0.2) is 17.0 Å². The Morgan fingerprint density at radius 2 is 2.33 bits per heavy atom. The molecule has 0 spiro atoms. The van der Waals surface area contributed by atoms with E-state index in [2.05, 4.69) is 11.9 Å². The first-order valence-electron chi connectivity index (χ1n) is 4.38. The van der Waals surface area contributed by atoms with Crippen molar-refractivity contribution in [1.82, 2.24) is 0 Å². The van der Waals surface area contributed by atoms with Crippen LogP contribution in [0.4, 0.5) is 5.00 Å². The molecule has 80 valence electrons. The quantitative estimate of drug-likeness (QED) is 0.771. The van der Waals surface area contributed by atoms with Crippen molar-refractivity contribution in [3.63, 3.8) is 0 Å². The number of nitrogens with one attached hydrogen (secondary N) is 1. The summed E-state index contributed by atoms with van der Waals surface area (Å²) in [5, 5.41) is 11.7. The van der Waals surface area contributed by atoms with Gasteiger partial charge < -0.3 is 10.4 Å². The van der Waals surface area contributed by atoms with E-state index in [9.17, 15) is 9.59 Å². The number of aromatic carboxylic acids is 1. The zero-order valence-electron chi connectivity index (χ0n) is 8.24. The third-order valence-electron chi connectivity index (χ3n) is 1.78. The molecule has 1 heterocycles. The van der Waals surface area contributed by atoms with Crippen molar-refractivity contribution in [3.8, 4) is 0 Å². The number of carboxylic acids is 1. The molecule has 1 rings (SSSR count). The maximum atomic E-state index is 11.0. The number of rotatable bonds is 4. The summed E-state index contributed by atoms with van der Waals surface area (Å²) in [6.07, 6.45) is 1.85. The minimum absolute atomic E-state index is 0.132. The molecule has 0 unspecified atom stereocenters. The van der Waals surface area contributed by atoms with Gasteiger partial charge in [-0.25, -0.2) is 4.79 Å². The van der Waals surface area contributed by atoms with E-state index in [1.54, 1.807) is 6.07 Å². The molecule has 1 amide bonds. The first-order valence-corrected chi connectivity index (χ1v) is 5.19. The lowest BCUT2D eigenvalue weighted by Crippen LogP contribution is -2.09. The molecule has 0 fully saturated rings. The van der Waals surface area contributed by atoms with Gasteiger partial charge in [0.25, 0.3) is 0 Å². The molecular weight excluding hydrogens is 214 g/mol. The molecule has 4 nitrogen and oxygen atoms in total. The Hall–Kier alpha value is -1.62. The summed E-state index contributed by atoms with van der Waals surface area (Å²) in [4.78, 5) is 22.8. The van der Waals surface area contributed by atoms with Gasteiger partial charge in [-0.3, -0.25) is 4.79 Å². The number of amides is 1. The van der Waals surface area contributed by atoms with Crippen LogP contribution in [-0.2, 0) is 11.2 Å². The predicted octanol–water partition coefficient (Wildman–Crippen LogP) is 2.13. The van der Waals surface area contributed by atoms with Crippen LogP contribution in [0.1, 0.15) is 22.2 Å². The fraction of sp³-hybridized carbons (Fsp3) is 0.200. The maximum Gasteiger partial charge on any atom is 0.338 e. The maximum absolute atomic E-state index is 11.0. The zero-order valence-corrected chi connectivity index (χ0v) is 9.06. The minimum atomic E-state index is -1.04. The summed E-state index contributed by atoms with van der Waals surface area (Å²) in [7, 11) is 0. The average Bonchev–Trinajstić information content (AvgIpc) is 2.61. The van der Waals surface area contributed by atoms with E-state index in [4.69, 9.17) is 5.11 Å². The zero-order chi connectivity index (χ0) is 11.4. The standard InChI is InChI=1S/C10H11NO3S/c1-3-6-5-7(10(13)14)9(15-6)11-8(12)4-2/h4-5H,2-3H2,1H3,(H,11,12)(H,13,14). The summed E-state index contributed by atoms with van der Waals surface area (Å²) in [5.74, 6) is -1.44. The largest absolute Gasteiger partial charge is 0.478 e. The Bertz CT molecular complexity index is 409. The van der Waals surface area contributed by atoms with E-state index in [0.717, 1.165) is 17.4 Å². The van der Waals surface area contributed by atoms with E-state index in [-0.39, 0.29) is 5.56 Å². The highest BCUT2D eigenvalue weighted by molar-refractivity contribution is 7.16. The molecule has 0 saturated carbocycles. The van der Waals surface area contributed by atoms with Crippen molar-refractivity contribution >= 4 is 28.2 Å². The van der Waals surface area contributed by atoms with E-state index in [0.29, 0.717) is 5.00 Å². The Labute approximate surface area is 91.2 Å². The van der Waals surface area contributed by atoms with Crippen LogP contribution in [0.3, 0.4) is 0 Å². The van der Waals surface area contributed by atoms with Gasteiger partial charge in [0.05, 0.1) is 5.56 Å². The van der Waals surface area contributed by atoms with Gasteiger partial charge in [0.2, 0.25) is 5.91 Å². The summed E-state index contributed by atoms with van der Waals surface area (Å²) in [5.41, 5.74) is 0.132. The van der Waals surface area contributed by atoms with Crippen LogP contribution < -0.4 is 5.32 Å². The van der Waals surface area contributed by atoms with Crippen LogP contribution in [0.5, 0.6) is 0 Å². The van der Waals surface area contributed by atoms with E-state index in [1.807, 2.05) is 6.92 Å². The highest BCUT2D eigenvalue weighted by Crippen LogP contribution is 2.28. The summed E-state index contributed by atoms with van der Waals surface area (Å²) in [6, 6.07) is 1.58. The first-order chi connectivity index (χ1) is 7.08. The van der Waals surface area contributed by atoms with Crippen molar-refractivity contribution in [1.29, 1.82) is 0 Å². The number of carboxylic acid groups (broad SMARTS) is 1. The van der Waals surface area contributed by atoms with Gasteiger partial charge >= 0.3 is 5.97 Å². The molecule has 0 atom stereocenters. The SMILES string of the molecule is C=CC(=O)Nc1sc(CC)cc1C(=O)O. The molecule has 15 heavy (non-hydrogen) atoms. The molecule has 0 saturated heterocycles. The molecule has 0 aliphatic heterocycles. The van der Waals surface area contributed by atoms with Crippen molar-refractivity contribution in [2.75, 3.05) is 5.32 Å². The van der Waals surface area contributed by atoms with E-state index < -0.39 is 11.9 Å². The Morgan fingerprint density at radius 3 is 2.80 bits per heavy atom. The molecule has 0 bridgehead atoms.